The molecule has 1 N–H and O–H groups in total. The summed E-state index contributed by atoms with van der Waals surface area (Å²) in [6.45, 7) is 5.60. The summed E-state index contributed by atoms with van der Waals surface area (Å²) in [5, 5.41) is 2.69. The summed E-state index contributed by atoms with van der Waals surface area (Å²) in [6, 6.07) is 6.93. The smallest absolute Gasteiger partial charge is 0.316 e. The summed E-state index contributed by atoms with van der Waals surface area (Å²) in [7, 11) is 1.38. The molecule has 1 fully saturated rings. The van der Waals surface area contributed by atoms with Gasteiger partial charge in [-0.15, -0.1) is 0 Å². The molecule has 0 heterocycles. The van der Waals surface area contributed by atoms with Crippen LogP contribution < -0.4 is 5.32 Å². The lowest BCUT2D eigenvalue weighted by Crippen LogP contribution is -2.29. The highest BCUT2D eigenvalue weighted by atomic mass is 16.6. The van der Waals surface area contributed by atoms with Crippen molar-refractivity contribution in [2.45, 2.75) is 51.0 Å². The normalized spacial score (nSPS) is 15.2. The molecule has 0 aliphatic heterocycles. The third kappa shape index (κ3) is 4.81. The van der Waals surface area contributed by atoms with Crippen LogP contribution in [-0.2, 0) is 24.5 Å². The first-order valence-corrected chi connectivity index (χ1v) is 8.37. The van der Waals surface area contributed by atoms with Gasteiger partial charge in [-0.1, -0.05) is 12.1 Å². The van der Waals surface area contributed by atoms with E-state index in [9.17, 15) is 14.4 Å². The van der Waals surface area contributed by atoms with Crippen molar-refractivity contribution in [2.24, 2.45) is 0 Å². The molecule has 1 saturated carbocycles. The molecule has 1 aromatic carbocycles. The van der Waals surface area contributed by atoms with E-state index in [2.05, 4.69) is 5.32 Å². The van der Waals surface area contributed by atoms with Crippen LogP contribution in [0.3, 0.4) is 0 Å². The SMILES string of the molecule is COC(=O)C1(c2ccc(C(=O)NCCC(=O)OC(C)(C)C)cc2)CC1. The van der Waals surface area contributed by atoms with Crippen molar-refractivity contribution < 1.29 is 23.9 Å². The van der Waals surface area contributed by atoms with E-state index in [1.807, 2.05) is 0 Å². The maximum Gasteiger partial charge on any atom is 0.316 e. The molecule has 0 saturated heterocycles. The lowest BCUT2D eigenvalue weighted by molar-refractivity contribution is -0.154. The molecule has 0 unspecified atom stereocenters. The molecule has 0 atom stereocenters. The van der Waals surface area contributed by atoms with Gasteiger partial charge in [0.15, 0.2) is 0 Å². The molecular formula is C19H25NO5. The van der Waals surface area contributed by atoms with Crippen LogP contribution in [0, 0.1) is 0 Å². The summed E-state index contributed by atoms with van der Waals surface area (Å²) >= 11 is 0. The number of benzene rings is 1. The number of nitrogens with one attached hydrogen (secondary N) is 1. The second-order valence-corrected chi connectivity index (χ2v) is 7.24. The fourth-order valence-electron chi connectivity index (χ4n) is 2.64. The van der Waals surface area contributed by atoms with Crippen LogP contribution in [0.5, 0.6) is 0 Å². The van der Waals surface area contributed by atoms with Crippen LogP contribution in [0.15, 0.2) is 24.3 Å². The van der Waals surface area contributed by atoms with E-state index in [0.717, 1.165) is 18.4 Å². The Morgan fingerprint density at radius 3 is 2.20 bits per heavy atom. The van der Waals surface area contributed by atoms with Crippen LogP contribution in [0.4, 0.5) is 0 Å². The number of hydrogen-bond donors (Lipinski definition) is 1. The topological polar surface area (TPSA) is 81.7 Å². The summed E-state index contributed by atoms with van der Waals surface area (Å²) in [5.74, 6) is -0.850. The molecule has 1 aromatic rings. The summed E-state index contributed by atoms with van der Waals surface area (Å²) in [6.07, 6.45) is 1.65. The van der Waals surface area contributed by atoms with Crippen molar-refractivity contribution in [2.75, 3.05) is 13.7 Å². The van der Waals surface area contributed by atoms with Gasteiger partial charge in [0.2, 0.25) is 0 Å². The second-order valence-electron chi connectivity index (χ2n) is 7.24. The van der Waals surface area contributed by atoms with Gasteiger partial charge in [0.1, 0.15) is 5.60 Å². The van der Waals surface area contributed by atoms with Crippen LogP contribution >= 0.6 is 0 Å². The van der Waals surface area contributed by atoms with E-state index in [-0.39, 0.29) is 30.8 Å². The first-order valence-electron chi connectivity index (χ1n) is 8.37. The van der Waals surface area contributed by atoms with Crippen molar-refractivity contribution in [1.29, 1.82) is 0 Å². The average Bonchev–Trinajstić information content (AvgIpc) is 3.34. The molecule has 136 valence electrons. The Labute approximate surface area is 147 Å². The third-order valence-corrected chi connectivity index (χ3v) is 4.06. The summed E-state index contributed by atoms with van der Waals surface area (Å²) < 4.78 is 10.0. The van der Waals surface area contributed by atoms with E-state index in [4.69, 9.17) is 9.47 Å². The van der Waals surface area contributed by atoms with Gasteiger partial charge in [-0.3, -0.25) is 14.4 Å². The minimum Gasteiger partial charge on any atom is -0.468 e. The second kappa shape index (κ2) is 7.25. The van der Waals surface area contributed by atoms with E-state index in [1.165, 1.54) is 7.11 Å². The number of ether oxygens (including phenoxy) is 2. The molecule has 1 aliphatic rings. The largest absolute Gasteiger partial charge is 0.468 e. The van der Waals surface area contributed by atoms with Gasteiger partial charge in [0.05, 0.1) is 18.9 Å². The highest BCUT2D eigenvalue weighted by Gasteiger charge is 2.52. The number of carbonyl (C=O) groups excluding carboxylic acids is 3. The third-order valence-electron chi connectivity index (χ3n) is 4.06. The van der Waals surface area contributed by atoms with Crippen LogP contribution in [-0.4, -0.2) is 37.1 Å². The van der Waals surface area contributed by atoms with Gasteiger partial charge in [-0.25, -0.2) is 0 Å². The minimum absolute atomic E-state index is 0.118. The van der Waals surface area contributed by atoms with Crippen molar-refractivity contribution >= 4 is 17.8 Å². The minimum atomic E-state index is -0.541. The van der Waals surface area contributed by atoms with E-state index < -0.39 is 11.0 Å². The lowest BCUT2D eigenvalue weighted by atomic mass is 9.95. The molecule has 1 amide bonds. The van der Waals surface area contributed by atoms with Gasteiger partial charge in [0, 0.05) is 12.1 Å². The fourth-order valence-corrected chi connectivity index (χ4v) is 2.64. The molecule has 0 aromatic heterocycles. The van der Waals surface area contributed by atoms with Crippen LogP contribution in [0.25, 0.3) is 0 Å². The zero-order chi connectivity index (χ0) is 18.7. The average molecular weight is 347 g/mol. The first-order chi connectivity index (χ1) is 11.7. The zero-order valence-electron chi connectivity index (χ0n) is 15.2. The van der Waals surface area contributed by atoms with E-state index >= 15 is 0 Å². The standard InChI is InChI=1S/C19H25NO5/c1-18(2,3)25-15(21)9-12-20-16(22)13-5-7-14(8-6-13)19(10-11-19)17(23)24-4/h5-8H,9-12H2,1-4H3,(H,20,22). The van der Waals surface area contributed by atoms with E-state index in [0.29, 0.717) is 5.56 Å². The molecular weight excluding hydrogens is 322 g/mol. The number of carbonyl (C=O) groups is 3. The molecule has 0 radical (unpaired) electrons. The Morgan fingerprint density at radius 1 is 1.12 bits per heavy atom. The Bertz CT molecular complexity index is 653. The van der Waals surface area contributed by atoms with Crippen molar-refractivity contribution in [3.63, 3.8) is 0 Å². The van der Waals surface area contributed by atoms with Crippen molar-refractivity contribution in [1.82, 2.24) is 5.32 Å². The quantitative estimate of drug-likeness (QED) is 0.799. The Kier molecular flexibility index (Phi) is 5.50. The van der Waals surface area contributed by atoms with E-state index in [1.54, 1.807) is 45.0 Å². The van der Waals surface area contributed by atoms with Crippen LogP contribution in [0.1, 0.15) is 56.0 Å². The number of methoxy groups -OCH3 is 1. The molecule has 25 heavy (non-hydrogen) atoms. The molecule has 0 spiro atoms. The number of esters is 2. The predicted molar refractivity (Wildman–Crippen MR) is 92.2 cm³/mol. The Morgan fingerprint density at radius 2 is 1.72 bits per heavy atom. The molecule has 6 heteroatoms. The monoisotopic (exact) mass is 347 g/mol. The predicted octanol–water partition coefficient (Wildman–Crippen LogP) is 2.35. The van der Waals surface area contributed by atoms with Gasteiger partial charge in [-0.2, -0.15) is 0 Å². The highest BCUT2D eigenvalue weighted by Crippen LogP contribution is 2.49. The maximum atomic E-state index is 12.1. The van der Waals surface area contributed by atoms with Gasteiger partial charge in [-0.05, 0) is 51.3 Å². The fraction of sp³-hybridized carbons (Fsp3) is 0.526. The molecule has 1 aliphatic carbocycles. The Hall–Kier alpha value is -2.37. The van der Waals surface area contributed by atoms with Gasteiger partial charge >= 0.3 is 11.9 Å². The van der Waals surface area contributed by atoms with Gasteiger partial charge in [0.25, 0.3) is 5.91 Å². The maximum absolute atomic E-state index is 12.1. The zero-order valence-corrected chi connectivity index (χ0v) is 15.2. The van der Waals surface area contributed by atoms with Crippen molar-refractivity contribution in [3.05, 3.63) is 35.4 Å². The van der Waals surface area contributed by atoms with Crippen LogP contribution in [0.2, 0.25) is 0 Å². The highest BCUT2D eigenvalue weighted by molar-refractivity contribution is 5.95. The number of rotatable bonds is 6. The molecule has 0 bridgehead atoms. The number of amides is 1. The van der Waals surface area contributed by atoms with Gasteiger partial charge < -0.3 is 14.8 Å². The summed E-state index contributed by atoms with van der Waals surface area (Å²) in [4.78, 5) is 35.6. The number of hydrogen-bond acceptors (Lipinski definition) is 5. The summed E-state index contributed by atoms with van der Waals surface area (Å²) in [5.41, 5.74) is 0.272. The first kappa shape index (κ1) is 19.0. The Balaban J connectivity index is 1.87. The molecule has 2 rings (SSSR count). The molecule has 6 nitrogen and oxygen atoms in total. The lowest BCUT2D eigenvalue weighted by Gasteiger charge is -2.19. The van der Waals surface area contributed by atoms with Crippen molar-refractivity contribution in [3.8, 4) is 0 Å².